The van der Waals surface area contributed by atoms with Gasteiger partial charge in [-0.3, -0.25) is 0 Å². The Morgan fingerprint density at radius 1 is 1.14 bits per heavy atom. The fourth-order valence-corrected chi connectivity index (χ4v) is 2.04. The van der Waals surface area contributed by atoms with Crippen LogP contribution in [0.25, 0.3) is 0 Å². The van der Waals surface area contributed by atoms with Crippen molar-refractivity contribution in [1.82, 2.24) is 0 Å². The van der Waals surface area contributed by atoms with Gasteiger partial charge in [0.2, 0.25) is 0 Å². The Morgan fingerprint density at radius 2 is 1.76 bits per heavy atom. The molecule has 126 valence electrons. The van der Waals surface area contributed by atoms with Crippen molar-refractivity contribution in [3.8, 4) is 0 Å². The predicted octanol–water partition coefficient (Wildman–Crippen LogP) is -3.74. The van der Waals surface area contributed by atoms with E-state index in [-0.39, 0.29) is 6.61 Å². The summed E-state index contributed by atoms with van der Waals surface area (Å²) in [7, 11) is 0. The summed E-state index contributed by atoms with van der Waals surface area (Å²) in [6.07, 6.45) is -8.81. The first-order valence-corrected chi connectivity index (χ1v) is 6.87. The van der Waals surface area contributed by atoms with E-state index in [1.54, 1.807) is 6.92 Å². The molecule has 21 heavy (non-hydrogen) atoms. The minimum atomic E-state index is -1.54. The average molecular weight is 311 g/mol. The number of hydrogen-bond donors (Lipinski definition) is 7. The molecule has 0 saturated carbocycles. The molecule has 9 heteroatoms. The van der Waals surface area contributed by atoms with Crippen molar-refractivity contribution in [3.05, 3.63) is 0 Å². The van der Waals surface area contributed by atoms with Gasteiger partial charge in [0.25, 0.3) is 0 Å². The van der Waals surface area contributed by atoms with Crippen molar-refractivity contribution in [1.29, 1.82) is 0 Å². The van der Waals surface area contributed by atoms with Crippen LogP contribution in [-0.2, 0) is 9.47 Å². The molecule has 0 aromatic carbocycles. The first-order valence-electron chi connectivity index (χ1n) is 6.87. The first kappa shape index (κ1) is 18.7. The summed E-state index contributed by atoms with van der Waals surface area (Å²) in [6, 6.07) is -0.924. The minimum absolute atomic E-state index is 0.249. The molecule has 5 unspecified atom stereocenters. The Hall–Kier alpha value is -0.360. The Balaban J connectivity index is 2.53. The molecule has 1 rings (SSSR count). The molecule has 1 fully saturated rings. The average Bonchev–Trinajstić information content (AvgIpc) is 2.50. The fraction of sp³-hybridized carbons (Fsp3) is 1.00. The minimum Gasteiger partial charge on any atom is -0.394 e. The van der Waals surface area contributed by atoms with Crippen molar-refractivity contribution in [2.24, 2.45) is 5.73 Å². The van der Waals surface area contributed by atoms with Gasteiger partial charge >= 0.3 is 0 Å². The Kier molecular flexibility index (Phi) is 7.40. The quantitative estimate of drug-likeness (QED) is 0.250. The Labute approximate surface area is 122 Å². The van der Waals surface area contributed by atoms with Crippen LogP contribution in [0.15, 0.2) is 0 Å². The van der Waals surface area contributed by atoms with Crippen LogP contribution in [-0.4, -0.2) is 92.8 Å². The molecule has 0 aromatic heterocycles. The molecule has 1 heterocycles. The van der Waals surface area contributed by atoms with Gasteiger partial charge in [-0.25, -0.2) is 0 Å². The third-order valence-electron chi connectivity index (χ3n) is 3.55. The lowest BCUT2D eigenvalue weighted by Crippen LogP contribution is -2.60. The molecule has 1 saturated heterocycles. The number of aliphatic hydroxyl groups excluding tert-OH is 6. The van der Waals surface area contributed by atoms with E-state index in [9.17, 15) is 25.5 Å². The highest BCUT2D eigenvalue weighted by atomic mass is 16.7. The molecule has 1 aliphatic heterocycles. The van der Waals surface area contributed by atoms with Crippen molar-refractivity contribution in [2.45, 2.75) is 62.3 Å². The Morgan fingerprint density at radius 3 is 2.29 bits per heavy atom. The number of rotatable bonds is 7. The second-order valence-electron chi connectivity index (χ2n) is 5.16. The van der Waals surface area contributed by atoms with E-state index in [0.717, 1.165) is 0 Å². The lowest BCUT2D eigenvalue weighted by Gasteiger charge is -2.40. The lowest BCUT2D eigenvalue weighted by molar-refractivity contribution is -0.302. The standard InChI is InChI=1S/C12H25NO8/c1-2-6(15)8(16)5(13)4-20-12-11(19)10(18)9(17)7(3-14)21-12/h5-12,14-19H,2-4,13H2,1H3/t5-,6+,7?,8-,9?,10?,11?,12?/m0/s1. The zero-order valence-electron chi connectivity index (χ0n) is 11.8. The van der Waals surface area contributed by atoms with Gasteiger partial charge in [-0.05, 0) is 6.42 Å². The molecule has 8 N–H and O–H groups in total. The lowest BCUT2D eigenvalue weighted by atomic mass is 9.99. The van der Waals surface area contributed by atoms with E-state index < -0.39 is 55.6 Å². The van der Waals surface area contributed by atoms with Gasteiger partial charge in [0.05, 0.1) is 31.5 Å². The van der Waals surface area contributed by atoms with Crippen LogP contribution in [0.5, 0.6) is 0 Å². The summed E-state index contributed by atoms with van der Waals surface area (Å²) < 4.78 is 10.3. The SMILES string of the molecule is CC[C@@H](O)[C@@H](O)[C@@H](N)COC1OC(CO)C(O)C(O)C1O. The smallest absolute Gasteiger partial charge is 0.186 e. The van der Waals surface area contributed by atoms with Crippen LogP contribution in [0, 0.1) is 0 Å². The van der Waals surface area contributed by atoms with E-state index in [0.29, 0.717) is 6.42 Å². The highest BCUT2D eigenvalue weighted by Crippen LogP contribution is 2.22. The van der Waals surface area contributed by atoms with Gasteiger partial charge in [-0.1, -0.05) is 6.92 Å². The fourth-order valence-electron chi connectivity index (χ4n) is 2.04. The summed E-state index contributed by atoms with van der Waals surface area (Å²) in [6.45, 7) is 0.869. The van der Waals surface area contributed by atoms with E-state index in [2.05, 4.69) is 0 Å². The van der Waals surface area contributed by atoms with E-state index in [1.165, 1.54) is 0 Å². The first-order chi connectivity index (χ1) is 9.83. The molecular weight excluding hydrogens is 286 g/mol. The summed E-state index contributed by atoms with van der Waals surface area (Å²) in [5, 5.41) is 57.1. The highest BCUT2D eigenvalue weighted by molar-refractivity contribution is 4.89. The topological polar surface area (TPSA) is 166 Å². The van der Waals surface area contributed by atoms with Gasteiger partial charge in [0.1, 0.15) is 24.4 Å². The van der Waals surface area contributed by atoms with E-state index in [4.69, 9.17) is 20.3 Å². The highest BCUT2D eigenvalue weighted by Gasteiger charge is 2.44. The van der Waals surface area contributed by atoms with Crippen LogP contribution >= 0.6 is 0 Å². The van der Waals surface area contributed by atoms with Gasteiger partial charge in [-0.15, -0.1) is 0 Å². The maximum atomic E-state index is 9.73. The van der Waals surface area contributed by atoms with Crippen molar-refractivity contribution >= 4 is 0 Å². The van der Waals surface area contributed by atoms with Crippen LogP contribution in [0.3, 0.4) is 0 Å². The van der Waals surface area contributed by atoms with Crippen LogP contribution in [0.1, 0.15) is 13.3 Å². The molecule has 0 radical (unpaired) electrons. The molecule has 9 nitrogen and oxygen atoms in total. The molecule has 0 aromatic rings. The monoisotopic (exact) mass is 311 g/mol. The van der Waals surface area contributed by atoms with Gasteiger partial charge < -0.3 is 45.8 Å². The van der Waals surface area contributed by atoms with Crippen molar-refractivity contribution < 1.29 is 40.1 Å². The molecule has 0 amide bonds. The second kappa shape index (κ2) is 8.32. The molecular formula is C12H25NO8. The molecule has 8 atom stereocenters. The number of nitrogens with two attached hydrogens (primary N) is 1. The van der Waals surface area contributed by atoms with Crippen LogP contribution < -0.4 is 5.73 Å². The van der Waals surface area contributed by atoms with Gasteiger partial charge in [0, 0.05) is 0 Å². The maximum absolute atomic E-state index is 9.73. The zero-order valence-corrected chi connectivity index (χ0v) is 11.8. The zero-order chi connectivity index (χ0) is 16.2. The molecule has 0 bridgehead atoms. The predicted molar refractivity (Wildman–Crippen MR) is 70.0 cm³/mol. The summed E-state index contributed by atoms with van der Waals surface area (Å²) in [5.41, 5.74) is 5.65. The van der Waals surface area contributed by atoms with E-state index in [1.807, 2.05) is 0 Å². The number of hydrogen-bond acceptors (Lipinski definition) is 9. The van der Waals surface area contributed by atoms with Crippen molar-refractivity contribution in [3.63, 3.8) is 0 Å². The third kappa shape index (κ3) is 4.55. The van der Waals surface area contributed by atoms with Crippen LogP contribution in [0.4, 0.5) is 0 Å². The van der Waals surface area contributed by atoms with Gasteiger partial charge in [-0.2, -0.15) is 0 Å². The normalized spacial score (nSPS) is 38.0. The number of aliphatic hydroxyl groups is 6. The number of ether oxygens (including phenoxy) is 2. The van der Waals surface area contributed by atoms with Gasteiger partial charge in [0.15, 0.2) is 6.29 Å². The van der Waals surface area contributed by atoms with Crippen molar-refractivity contribution in [2.75, 3.05) is 13.2 Å². The summed E-state index contributed by atoms with van der Waals surface area (Å²) in [4.78, 5) is 0. The summed E-state index contributed by atoms with van der Waals surface area (Å²) >= 11 is 0. The molecule has 1 aliphatic rings. The molecule has 0 aliphatic carbocycles. The van der Waals surface area contributed by atoms with E-state index >= 15 is 0 Å². The second-order valence-corrected chi connectivity index (χ2v) is 5.16. The molecule has 0 spiro atoms. The summed E-state index contributed by atoms with van der Waals surface area (Å²) in [5.74, 6) is 0. The third-order valence-corrected chi connectivity index (χ3v) is 3.55. The Bertz CT molecular complexity index is 305. The van der Waals surface area contributed by atoms with Crippen LogP contribution in [0.2, 0.25) is 0 Å². The maximum Gasteiger partial charge on any atom is 0.186 e. The largest absolute Gasteiger partial charge is 0.394 e.